The predicted octanol–water partition coefficient (Wildman–Crippen LogP) is 7.72. The molecular weight excluding hydrogens is 687 g/mol. The zero-order valence-corrected chi connectivity index (χ0v) is 30.7. The third-order valence-electron chi connectivity index (χ3n) is 9.47. The molecule has 7 rings (SSSR count). The van der Waals surface area contributed by atoms with Crippen LogP contribution >= 0.6 is 8.69 Å². The van der Waals surface area contributed by atoms with Crippen LogP contribution in [0.2, 0.25) is 0 Å². The SMILES string of the molecule is Cc1ccc(COc2nc(NC(=O)C(C)C)nc3c2ncn3[C@H]2CN(C(c3ccccc3)(c3ccccc3)c3ccccc3)C[C@@H](COP=O)O2)cc1. The van der Waals surface area contributed by atoms with E-state index >= 15 is 0 Å². The molecule has 1 aliphatic rings. The first-order chi connectivity index (χ1) is 25.9. The number of hydrogen-bond acceptors (Lipinski definition) is 9. The van der Waals surface area contributed by atoms with Crippen molar-refractivity contribution in [1.82, 2.24) is 24.4 Å². The summed E-state index contributed by atoms with van der Waals surface area (Å²) in [6.07, 6.45) is 0.524. The molecule has 0 aliphatic carbocycles. The van der Waals surface area contributed by atoms with Gasteiger partial charge in [-0.3, -0.25) is 24.1 Å². The maximum absolute atomic E-state index is 12.9. The summed E-state index contributed by atoms with van der Waals surface area (Å²) in [4.78, 5) is 29.4. The lowest BCUT2D eigenvalue weighted by atomic mass is 9.75. The Hall–Kier alpha value is -5.32. The fourth-order valence-corrected chi connectivity index (χ4v) is 7.11. The number of ether oxygens (including phenoxy) is 2. The van der Waals surface area contributed by atoms with E-state index in [1.165, 1.54) is 0 Å². The highest BCUT2D eigenvalue weighted by atomic mass is 31.1. The lowest BCUT2D eigenvalue weighted by Gasteiger charge is -2.50. The molecule has 3 heterocycles. The summed E-state index contributed by atoms with van der Waals surface area (Å²) in [5, 5.41) is 2.84. The van der Waals surface area contributed by atoms with Crippen LogP contribution < -0.4 is 10.1 Å². The molecule has 1 fully saturated rings. The molecule has 1 N–H and O–H groups in total. The molecule has 0 unspecified atom stereocenters. The fourth-order valence-electron chi connectivity index (χ4n) is 6.88. The summed E-state index contributed by atoms with van der Waals surface area (Å²) in [7, 11) is -0.436. The van der Waals surface area contributed by atoms with Crippen molar-refractivity contribution < 1.29 is 23.4 Å². The number of hydrogen-bond donors (Lipinski definition) is 1. The van der Waals surface area contributed by atoms with Crippen LogP contribution in [-0.2, 0) is 30.8 Å². The average Bonchev–Trinajstić information content (AvgIpc) is 3.62. The van der Waals surface area contributed by atoms with Gasteiger partial charge in [0.05, 0.1) is 24.6 Å². The highest BCUT2D eigenvalue weighted by Crippen LogP contribution is 2.45. The van der Waals surface area contributed by atoms with Gasteiger partial charge in [0.2, 0.25) is 17.7 Å². The van der Waals surface area contributed by atoms with Crippen molar-refractivity contribution in [3.8, 4) is 5.88 Å². The largest absolute Gasteiger partial charge is 0.471 e. The van der Waals surface area contributed by atoms with Crippen molar-refractivity contribution in [3.05, 3.63) is 149 Å². The summed E-state index contributed by atoms with van der Waals surface area (Å²) in [6, 6.07) is 39.3. The van der Waals surface area contributed by atoms with Gasteiger partial charge in [0.15, 0.2) is 11.2 Å². The van der Waals surface area contributed by atoms with Crippen molar-refractivity contribution in [2.24, 2.45) is 5.92 Å². The van der Waals surface area contributed by atoms with Gasteiger partial charge in [0.1, 0.15) is 12.8 Å². The lowest BCUT2D eigenvalue weighted by Crippen LogP contribution is -2.57. The molecule has 0 spiro atoms. The first kappa shape index (κ1) is 36.1. The van der Waals surface area contributed by atoms with E-state index in [2.05, 4.69) is 88.0 Å². The van der Waals surface area contributed by atoms with Crippen molar-refractivity contribution in [2.45, 2.75) is 45.2 Å². The van der Waals surface area contributed by atoms with Crippen LogP contribution in [0.3, 0.4) is 0 Å². The first-order valence-corrected chi connectivity index (χ1v) is 18.3. The number of aromatic nitrogens is 4. The Labute approximate surface area is 310 Å². The molecule has 0 saturated carbocycles. The molecule has 1 saturated heterocycles. The maximum Gasteiger partial charge on any atom is 0.327 e. The van der Waals surface area contributed by atoms with Crippen LogP contribution in [0.1, 0.15) is 47.9 Å². The Morgan fingerprint density at radius 2 is 1.49 bits per heavy atom. The van der Waals surface area contributed by atoms with Crippen LogP contribution in [0.25, 0.3) is 11.2 Å². The Kier molecular flexibility index (Phi) is 11.0. The van der Waals surface area contributed by atoms with Crippen LogP contribution in [-0.4, -0.2) is 56.1 Å². The second-order valence-electron chi connectivity index (χ2n) is 13.4. The molecule has 11 nitrogen and oxygen atoms in total. The molecule has 0 bridgehead atoms. The summed E-state index contributed by atoms with van der Waals surface area (Å²) < 4.78 is 31.9. The van der Waals surface area contributed by atoms with Gasteiger partial charge in [0, 0.05) is 19.0 Å². The van der Waals surface area contributed by atoms with Crippen molar-refractivity contribution in [2.75, 3.05) is 25.0 Å². The third kappa shape index (κ3) is 7.61. The van der Waals surface area contributed by atoms with E-state index in [4.69, 9.17) is 24.0 Å². The van der Waals surface area contributed by atoms with Crippen molar-refractivity contribution >= 4 is 31.7 Å². The molecule has 6 aromatic rings. The molecule has 0 radical (unpaired) electrons. The molecule has 4 aromatic carbocycles. The van der Waals surface area contributed by atoms with Gasteiger partial charge < -0.3 is 9.47 Å². The lowest BCUT2D eigenvalue weighted by molar-refractivity contribution is -0.144. The number of amides is 1. The summed E-state index contributed by atoms with van der Waals surface area (Å²) in [6.45, 7) is 6.81. The molecule has 2 atom stereocenters. The van der Waals surface area contributed by atoms with Crippen LogP contribution in [0, 0.1) is 12.8 Å². The number of fused-ring (bicyclic) bond motifs is 1. The minimum atomic E-state index is -0.761. The number of carbonyl (C=O) groups excluding carboxylic acids is 1. The van der Waals surface area contributed by atoms with Crippen molar-refractivity contribution in [3.63, 3.8) is 0 Å². The third-order valence-corrected chi connectivity index (χ3v) is 9.72. The van der Waals surface area contributed by atoms with E-state index in [1.54, 1.807) is 20.2 Å². The Morgan fingerprint density at radius 1 is 0.887 bits per heavy atom. The van der Waals surface area contributed by atoms with Crippen LogP contribution in [0.5, 0.6) is 5.88 Å². The number of nitrogens with zero attached hydrogens (tertiary/aromatic N) is 5. The van der Waals surface area contributed by atoms with Gasteiger partial charge in [-0.1, -0.05) is 135 Å². The Balaban J connectivity index is 1.36. The second-order valence-corrected chi connectivity index (χ2v) is 13.8. The number of morpholine rings is 1. The predicted molar refractivity (Wildman–Crippen MR) is 203 cm³/mol. The number of nitrogens with one attached hydrogen (secondary N) is 1. The van der Waals surface area contributed by atoms with Gasteiger partial charge in [-0.25, -0.2) is 9.55 Å². The van der Waals surface area contributed by atoms with E-state index in [0.29, 0.717) is 24.3 Å². The Bertz CT molecular complexity index is 2050. The first-order valence-electron chi connectivity index (χ1n) is 17.6. The standard InChI is InChI=1S/C41H41N6O5P/c1-28(2)38(48)44-40-43-37-36(39(45-40)50-25-30-21-19-29(3)20-22-30)42-27-47(37)35-24-46(23-34(52-35)26-51-53-49)41(31-13-7-4-8-14-31,32-15-9-5-10-16-32)33-17-11-6-12-18-33/h4-22,27-28,34-35H,23-26H2,1-3H3,(H,43,44,45,48)/t34-,35+/m0/s1. The van der Waals surface area contributed by atoms with Gasteiger partial charge in [-0.15, -0.1) is 0 Å². The zero-order chi connectivity index (χ0) is 36.8. The van der Waals surface area contributed by atoms with E-state index < -0.39 is 26.6 Å². The van der Waals surface area contributed by atoms with Gasteiger partial charge in [-0.05, 0) is 29.2 Å². The van der Waals surface area contributed by atoms with Crippen molar-refractivity contribution in [1.29, 1.82) is 0 Å². The van der Waals surface area contributed by atoms with Crippen LogP contribution in [0.15, 0.2) is 122 Å². The normalized spacial score (nSPS) is 16.6. The molecule has 1 amide bonds. The number of benzene rings is 4. The van der Waals surface area contributed by atoms with Crippen LogP contribution in [0.4, 0.5) is 5.95 Å². The minimum absolute atomic E-state index is 0.0781. The summed E-state index contributed by atoms with van der Waals surface area (Å²) in [5.74, 6) is -0.193. The molecule has 2 aromatic heterocycles. The highest BCUT2D eigenvalue weighted by Gasteiger charge is 2.46. The zero-order valence-electron chi connectivity index (χ0n) is 29.8. The van der Waals surface area contributed by atoms with Gasteiger partial charge in [-0.2, -0.15) is 9.97 Å². The molecule has 1 aliphatic heterocycles. The monoisotopic (exact) mass is 728 g/mol. The second kappa shape index (κ2) is 16.1. The van der Waals surface area contributed by atoms with E-state index in [1.807, 2.05) is 54.0 Å². The van der Waals surface area contributed by atoms with Gasteiger partial charge in [0.25, 0.3) is 0 Å². The molecular formula is C41H41N6O5P. The van der Waals surface area contributed by atoms with Gasteiger partial charge >= 0.3 is 8.69 Å². The van der Waals surface area contributed by atoms with E-state index in [-0.39, 0.29) is 36.9 Å². The average molecular weight is 729 g/mol. The maximum atomic E-state index is 12.9. The highest BCUT2D eigenvalue weighted by molar-refractivity contribution is 7.17. The number of anilines is 1. The topological polar surface area (TPSA) is 121 Å². The number of rotatable bonds is 13. The Morgan fingerprint density at radius 3 is 2.06 bits per heavy atom. The smallest absolute Gasteiger partial charge is 0.327 e. The molecule has 12 heteroatoms. The van der Waals surface area contributed by atoms with E-state index in [0.717, 1.165) is 27.8 Å². The number of imidazole rings is 1. The minimum Gasteiger partial charge on any atom is -0.471 e. The fraction of sp³-hybridized carbons (Fsp3) is 0.268. The number of carbonyl (C=O) groups is 1. The number of aryl methyl sites for hydroxylation is 1. The van der Waals surface area contributed by atoms with E-state index in [9.17, 15) is 9.36 Å². The molecule has 270 valence electrons. The molecule has 53 heavy (non-hydrogen) atoms. The quantitative estimate of drug-likeness (QED) is 0.0941. The summed E-state index contributed by atoms with van der Waals surface area (Å²) in [5.41, 5.74) is 5.41. The summed E-state index contributed by atoms with van der Waals surface area (Å²) >= 11 is 0.